The van der Waals surface area contributed by atoms with E-state index >= 15 is 0 Å². The molecule has 0 saturated heterocycles. The van der Waals surface area contributed by atoms with Gasteiger partial charge in [-0.2, -0.15) is 0 Å². The van der Waals surface area contributed by atoms with E-state index in [0.717, 1.165) is 111 Å². The average molecular weight is 1460 g/mol. The second-order valence-corrected chi connectivity index (χ2v) is 36.2. The van der Waals surface area contributed by atoms with Crippen LogP contribution in [0.15, 0.2) is 261 Å². The summed E-state index contributed by atoms with van der Waals surface area (Å²) in [6.45, 7) is 40.3. The predicted molar refractivity (Wildman–Crippen MR) is 471 cm³/mol. The van der Waals surface area contributed by atoms with Crippen LogP contribution in [-0.2, 0) is 37.2 Å². The van der Waals surface area contributed by atoms with Gasteiger partial charge in [0.05, 0.1) is 11.1 Å². The van der Waals surface area contributed by atoms with Crippen molar-refractivity contribution >= 4 is 106 Å². The number of ether oxygens (including phenoxy) is 1. The lowest BCUT2D eigenvalue weighted by atomic mass is 9.81. The molecule has 6 heteroatoms. The second kappa shape index (κ2) is 28.5. The van der Waals surface area contributed by atoms with Gasteiger partial charge in [-0.25, -0.2) is 9.59 Å². The van der Waals surface area contributed by atoms with Crippen LogP contribution in [0.5, 0.6) is 0 Å². The molecule has 1 heterocycles. The summed E-state index contributed by atoms with van der Waals surface area (Å²) < 4.78 is 5.67. The van der Waals surface area contributed by atoms with Gasteiger partial charge >= 0.3 is 11.9 Å². The number of hydrogen-bond acceptors (Lipinski definition) is 6. The molecule has 15 rings (SSSR count). The third-order valence-corrected chi connectivity index (χ3v) is 22.0. The lowest BCUT2D eigenvalue weighted by Crippen LogP contribution is -2.20. The summed E-state index contributed by atoms with van der Waals surface area (Å²) in [7, 11) is 0. The van der Waals surface area contributed by atoms with Crippen LogP contribution in [0, 0.1) is 35.5 Å². The standard InChI is InChI=1S/C106H97N3O3/c1-101(2,3)74-35-53-83(54-36-74)107(84-55-37-75(38-56-84)102(4,5)6)80-47-25-68(26-48-80)22-31-71-34-65-91-95-73(33-24-70-29-51-82(52-30-70)109(87-61-43-78(44-62-87)105(13,14)15)88-63-45-79(46-64-88)106(16,17)18)67-93-97-92(99(110)112-100(93)111)66-72(94(98(95)97)90-21-19-20-89(71)96(90)91)32-23-69-27-49-81(50-28-69)108(85-57-39-76(40-58-85)103(7,8)9)86-59-41-77(42-60-86)104(10,11)12/h19-21,25-30,34-67H,1-18H3. The number of carbonyl (C=O) groups excluding carboxylic acids is 2. The van der Waals surface area contributed by atoms with Crippen LogP contribution in [0.1, 0.15) is 212 Å². The van der Waals surface area contributed by atoms with Gasteiger partial charge in [-0.1, -0.05) is 257 Å². The average Bonchev–Trinajstić information content (AvgIpc) is 0.689. The van der Waals surface area contributed by atoms with E-state index in [1.165, 1.54) is 33.4 Å². The van der Waals surface area contributed by atoms with Crippen LogP contribution in [0.3, 0.4) is 0 Å². The Labute approximate surface area is 662 Å². The van der Waals surface area contributed by atoms with Crippen LogP contribution < -0.4 is 14.7 Å². The van der Waals surface area contributed by atoms with Crippen molar-refractivity contribution in [1.82, 2.24) is 0 Å². The normalized spacial score (nSPS) is 12.6. The Morgan fingerprint density at radius 2 is 0.455 bits per heavy atom. The Morgan fingerprint density at radius 3 is 0.714 bits per heavy atom. The molecule has 14 aromatic rings. The summed E-state index contributed by atoms with van der Waals surface area (Å²) in [4.78, 5) is 35.8. The summed E-state index contributed by atoms with van der Waals surface area (Å²) in [5, 5.41) is 6.55. The van der Waals surface area contributed by atoms with Gasteiger partial charge < -0.3 is 19.4 Å². The molecule has 554 valence electrons. The molecule has 1 aliphatic heterocycles. The fourth-order valence-corrected chi connectivity index (χ4v) is 15.3. The van der Waals surface area contributed by atoms with Crippen molar-refractivity contribution in [3.8, 4) is 35.5 Å². The van der Waals surface area contributed by atoms with E-state index in [-0.39, 0.29) is 43.6 Å². The summed E-state index contributed by atoms with van der Waals surface area (Å²) in [6, 6.07) is 92.7. The van der Waals surface area contributed by atoms with E-state index in [0.29, 0.717) is 16.5 Å². The molecule has 0 amide bonds. The Morgan fingerprint density at radius 1 is 0.223 bits per heavy atom. The van der Waals surface area contributed by atoms with Gasteiger partial charge in [0.2, 0.25) is 0 Å². The lowest BCUT2D eigenvalue weighted by Gasteiger charge is -2.28. The molecule has 6 nitrogen and oxygen atoms in total. The third-order valence-electron chi connectivity index (χ3n) is 22.0. The maximum Gasteiger partial charge on any atom is 0.346 e. The topological polar surface area (TPSA) is 53.1 Å². The van der Waals surface area contributed by atoms with E-state index in [4.69, 9.17) is 4.74 Å². The molecule has 112 heavy (non-hydrogen) atoms. The number of rotatable bonds is 9. The number of benzene rings is 14. The molecule has 1 aliphatic rings. The Kier molecular flexibility index (Phi) is 19.1. The highest BCUT2D eigenvalue weighted by Gasteiger charge is 2.33. The second-order valence-electron chi connectivity index (χ2n) is 36.2. The minimum Gasteiger partial charge on any atom is -0.386 e. The molecule has 0 unspecified atom stereocenters. The molecule has 0 aliphatic carbocycles. The number of anilines is 9. The number of cyclic esters (lactones) is 2. The zero-order valence-corrected chi connectivity index (χ0v) is 67.9. The van der Waals surface area contributed by atoms with Crippen LogP contribution in [0.2, 0.25) is 0 Å². The first-order valence-corrected chi connectivity index (χ1v) is 39.0. The van der Waals surface area contributed by atoms with Gasteiger partial charge in [-0.15, -0.1) is 0 Å². The number of esters is 2. The van der Waals surface area contributed by atoms with Gasteiger partial charge in [0.15, 0.2) is 0 Å². The fourth-order valence-electron chi connectivity index (χ4n) is 15.3. The van der Waals surface area contributed by atoms with Crippen molar-refractivity contribution in [3.63, 3.8) is 0 Å². The monoisotopic (exact) mass is 1460 g/mol. The van der Waals surface area contributed by atoms with Crippen molar-refractivity contribution in [2.75, 3.05) is 14.7 Å². The number of fused-ring (bicyclic) bond motifs is 2. The highest BCUT2D eigenvalue weighted by atomic mass is 16.6. The molecule has 0 saturated carbocycles. The predicted octanol–water partition coefficient (Wildman–Crippen LogP) is 27.4. The van der Waals surface area contributed by atoms with Crippen molar-refractivity contribution in [2.45, 2.75) is 157 Å². The lowest BCUT2D eigenvalue weighted by molar-refractivity contribution is 0.0391. The fraction of sp³-hybridized carbons (Fsp3) is 0.226. The van der Waals surface area contributed by atoms with Gasteiger partial charge in [0, 0.05) is 106 Å². The zero-order valence-electron chi connectivity index (χ0n) is 67.9. The molecule has 0 bridgehead atoms. The minimum atomic E-state index is -0.725. The van der Waals surface area contributed by atoms with Gasteiger partial charge in [0.25, 0.3) is 0 Å². The molecule has 0 fully saturated rings. The van der Waals surface area contributed by atoms with Crippen LogP contribution in [0.4, 0.5) is 51.2 Å². The number of carbonyl (C=O) groups is 2. The van der Waals surface area contributed by atoms with Crippen LogP contribution in [-0.4, -0.2) is 11.9 Å². The number of nitrogens with zero attached hydrogens (tertiary/aromatic N) is 3. The Bertz CT molecular complexity index is 5740. The Hall–Kier alpha value is -12.4. The molecule has 0 aromatic heterocycles. The molecule has 0 atom stereocenters. The largest absolute Gasteiger partial charge is 0.386 e. The van der Waals surface area contributed by atoms with E-state index < -0.39 is 11.9 Å². The van der Waals surface area contributed by atoms with Gasteiger partial charge in [-0.05, 0) is 251 Å². The highest BCUT2D eigenvalue weighted by molar-refractivity contribution is 6.39. The first-order valence-electron chi connectivity index (χ1n) is 39.0. The van der Waals surface area contributed by atoms with E-state index in [9.17, 15) is 9.59 Å². The quantitative estimate of drug-likeness (QED) is 0.0472. The smallest absolute Gasteiger partial charge is 0.346 e. The van der Waals surface area contributed by atoms with Crippen molar-refractivity contribution < 1.29 is 14.3 Å². The highest BCUT2D eigenvalue weighted by Crippen LogP contribution is 2.49. The SMILES string of the molecule is CC(C)(C)c1ccc(N(c2ccc(C#Cc3ccc4c5c(C#Cc6ccc(N(c7ccc(C(C)(C)C)cc7)c7ccc(C(C)(C)C)cc7)cc6)cc6c7c(cc(C#Cc8ccc(N(c9ccc(C(C)(C)C)cc9)c9ccc(C(C)(C)C)cc9)cc8)c(c8cccc3c84)c75)C(=O)OC6=O)cc2)c2ccc(C(C)(C)C)cc2)cc1. The molecule has 0 spiro atoms. The molecular weight excluding hydrogens is 1360 g/mol. The summed E-state index contributed by atoms with van der Waals surface area (Å²) >= 11 is 0. The zero-order chi connectivity index (χ0) is 79.1. The maximum absolute atomic E-state index is 14.5. The van der Waals surface area contributed by atoms with Crippen LogP contribution >= 0.6 is 0 Å². The van der Waals surface area contributed by atoms with Crippen molar-refractivity contribution in [3.05, 3.63) is 339 Å². The van der Waals surface area contributed by atoms with E-state index in [2.05, 4.69) is 424 Å². The van der Waals surface area contributed by atoms with Crippen molar-refractivity contribution in [2.24, 2.45) is 0 Å². The Balaban J connectivity index is 0.876. The van der Waals surface area contributed by atoms with Gasteiger partial charge in [0.1, 0.15) is 0 Å². The summed E-state index contributed by atoms with van der Waals surface area (Å²) in [6.07, 6.45) is 0. The number of hydrogen-bond donors (Lipinski definition) is 0. The van der Waals surface area contributed by atoms with E-state index in [1.807, 2.05) is 12.1 Å². The summed E-state index contributed by atoms with van der Waals surface area (Å²) in [5.74, 6) is 20.2. The van der Waals surface area contributed by atoms with Crippen LogP contribution in [0.25, 0.3) is 43.1 Å². The summed E-state index contributed by atoms with van der Waals surface area (Å²) in [5.41, 5.74) is 21.8. The molecule has 0 N–H and O–H groups in total. The third kappa shape index (κ3) is 14.9. The molecular formula is C106H97N3O3. The first kappa shape index (κ1) is 75.0. The maximum atomic E-state index is 14.5. The van der Waals surface area contributed by atoms with Gasteiger partial charge in [-0.3, -0.25) is 0 Å². The minimum absolute atomic E-state index is 0.00859. The first-order chi connectivity index (χ1) is 53.1. The van der Waals surface area contributed by atoms with E-state index in [1.54, 1.807) is 0 Å². The molecule has 0 radical (unpaired) electrons. The molecule has 14 aromatic carbocycles. The van der Waals surface area contributed by atoms with Crippen molar-refractivity contribution in [1.29, 1.82) is 0 Å².